The lowest BCUT2D eigenvalue weighted by atomic mass is 9.72. The molecular weight excluding hydrogens is 247 g/mol. The van der Waals surface area contributed by atoms with Gasteiger partial charge in [-0.1, -0.05) is 23.3 Å². The Bertz CT molecular complexity index is 505. The highest BCUT2D eigenvalue weighted by Gasteiger charge is 2.52. The second-order valence-corrected chi connectivity index (χ2v) is 7.43. The molecule has 2 fully saturated rings. The Hall–Kier alpha value is -0.795. The largest absolute Gasteiger partial charge is 0.495 e. The molecule has 0 amide bonds. The minimum absolute atomic E-state index is 0.242. The molecule has 2 nitrogen and oxygen atoms in total. The van der Waals surface area contributed by atoms with E-state index in [-0.39, 0.29) is 18.3 Å². The van der Waals surface area contributed by atoms with Crippen LogP contribution in [0.3, 0.4) is 0 Å². The Morgan fingerprint density at radius 2 is 1.40 bits per heavy atom. The van der Waals surface area contributed by atoms with Gasteiger partial charge in [0.15, 0.2) is 0 Å². The summed E-state index contributed by atoms with van der Waals surface area (Å²) in [5, 5.41) is 0. The quantitative estimate of drug-likeness (QED) is 0.767. The molecule has 20 heavy (non-hydrogen) atoms. The summed E-state index contributed by atoms with van der Waals surface area (Å²) in [5.74, 6) is 0.791. The molecule has 1 saturated carbocycles. The summed E-state index contributed by atoms with van der Waals surface area (Å²) < 4.78 is 12.4. The van der Waals surface area contributed by atoms with Crippen molar-refractivity contribution in [2.24, 2.45) is 0 Å². The standard InChI is InChI=1S/C17H25BO2/c1-11-9-14(13-7-8-13)10-12(2)15(11)18-19-16(3,4)17(5,6)20-18/h9-10,13H,7-8H2,1-6H3. The van der Waals surface area contributed by atoms with Gasteiger partial charge in [0.05, 0.1) is 11.2 Å². The second-order valence-electron chi connectivity index (χ2n) is 7.43. The van der Waals surface area contributed by atoms with E-state index in [2.05, 4.69) is 53.7 Å². The van der Waals surface area contributed by atoms with Crippen molar-refractivity contribution in [1.29, 1.82) is 0 Å². The van der Waals surface area contributed by atoms with Crippen LogP contribution >= 0.6 is 0 Å². The van der Waals surface area contributed by atoms with Gasteiger partial charge in [-0.2, -0.15) is 0 Å². The molecule has 0 N–H and O–H groups in total. The molecule has 3 heteroatoms. The zero-order valence-electron chi connectivity index (χ0n) is 13.5. The van der Waals surface area contributed by atoms with Gasteiger partial charge in [-0.05, 0) is 71.3 Å². The van der Waals surface area contributed by atoms with Gasteiger partial charge in [-0.3, -0.25) is 0 Å². The molecule has 108 valence electrons. The van der Waals surface area contributed by atoms with E-state index in [1.807, 2.05) is 0 Å². The van der Waals surface area contributed by atoms with E-state index in [0.717, 1.165) is 5.92 Å². The highest BCUT2D eigenvalue weighted by atomic mass is 16.7. The van der Waals surface area contributed by atoms with Crippen LogP contribution in [0.1, 0.15) is 63.1 Å². The number of benzene rings is 1. The maximum Gasteiger partial charge on any atom is 0.495 e. The Kier molecular flexibility index (Phi) is 3.08. The van der Waals surface area contributed by atoms with Gasteiger partial charge in [-0.25, -0.2) is 0 Å². The Labute approximate surface area is 123 Å². The molecule has 0 atom stereocenters. The number of hydrogen-bond donors (Lipinski definition) is 0. The van der Waals surface area contributed by atoms with Crippen molar-refractivity contribution in [2.45, 2.75) is 71.5 Å². The third-order valence-electron chi connectivity index (χ3n) is 5.15. The summed E-state index contributed by atoms with van der Waals surface area (Å²) in [6.07, 6.45) is 2.68. The van der Waals surface area contributed by atoms with Crippen LogP contribution in [0.5, 0.6) is 0 Å². The predicted molar refractivity (Wildman–Crippen MR) is 83.6 cm³/mol. The van der Waals surface area contributed by atoms with E-state index in [9.17, 15) is 0 Å². The number of rotatable bonds is 2. The molecule has 1 aromatic rings. The highest BCUT2D eigenvalue weighted by Crippen LogP contribution is 2.41. The first-order valence-electron chi connectivity index (χ1n) is 7.68. The molecule has 0 bridgehead atoms. The molecule has 1 saturated heterocycles. The van der Waals surface area contributed by atoms with Gasteiger partial charge >= 0.3 is 7.12 Å². The maximum atomic E-state index is 6.21. The van der Waals surface area contributed by atoms with Gasteiger partial charge in [0.25, 0.3) is 0 Å². The van der Waals surface area contributed by atoms with E-state index in [1.165, 1.54) is 35.0 Å². The monoisotopic (exact) mass is 272 g/mol. The fourth-order valence-corrected chi connectivity index (χ4v) is 2.99. The van der Waals surface area contributed by atoms with Gasteiger partial charge in [-0.15, -0.1) is 0 Å². The Morgan fingerprint density at radius 3 is 1.80 bits per heavy atom. The molecule has 1 aliphatic carbocycles. The minimum atomic E-state index is -0.272. The molecular formula is C17H25BO2. The zero-order chi connectivity index (χ0) is 14.7. The van der Waals surface area contributed by atoms with Crippen molar-refractivity contribution in [1.82, 2.24) is 0 Å². The summed E-state index contributed by atoms with van der Waals surface area (Å²) in [6, 6.07) is 4.65. The van der Waals surface area contributed by atoms with E-state index < -0.39 is 0 Å². The fraction of sp³-hybridized carbons (Fsp3) is 0.647. The van der Waals surface area contributed by atoms with E-state index in [1.54, 1.807) is 0 Å². The lowest BCUT2D eigenvalue weighted by Gasteiger charge is -2.32. The molecule has 1 heterocycles. The van der Waals surface area contributed by atoms with Crippen LogP contribution in [0.15, 0.2) is 12.1 Å². The number of hydrogen-bond acceptors (Lipinski definition) is 2. The van der Waals surface area contributed by atoms with Crippen molar-refractivity contribution < 1.29 is 9.31 Å². The van der Waals surface area contributed by atoms with E-state index in [0.29, 0.717) is 0 Å². The van der Waals surface area contributed by atoms with Gasteiger partial charge in [0, 0.05) is 0 Å². The van der Waals surface area contributed by atoms with Crippen LogP contribution in [0, 0.1) is 13.8 Å². The molecule has 1 aromatic carbocycles. The summed E-state index contributed by atoms with van der Waals surface area (Å²) in [7, 11) is -0.242. The lowest BCUT2D eigenvalue weighted by molar-refractivity contribution is 0.00578. The molecule has 2 aliphatic rings. The summed E-state index contributed by atoms with van der Waals surface area (Å²) in [4.78, 5) is 0. The molecule has 0 unspecified atom stereocenters. The van der Waals surface area contributed by atoms with Gasteiger partial charge < -0.3 is 9.31 Å². The fourth-order valence-electron chi connectivity index (χ4n) is 2.99. The Morgan fingerprint density at radius 1 is 0.950 bits per heavy atom. The van der Waals surface area contributed by atoms with Crippen LogP contribution < -0.4 is 5.46 Å². The Balaban J connectivity index is 1.95. The molecule has 0 spiro atoms. The topological polar surface area (TPSA) is 18.5 Å². The van der Waals surface area contributed by atoms with Crippen LogP contribution in [-0.2, 0) is 9.31 Å². The minimum Gasteiger partial charge on any atom is -0.399 e. The van der Waals surface area contributed by atoms with Crippen molar-refractivity contribution in [2.75, 3.05) is 0 Å². The SMILES string of the molecule is Cc1cc(C2CC2)cc(C)c1B1OC(C)(C)C(C)(C)O1. The van der Waals surface area contributed by atoms with Crippen LogP contribution in [-0.4, -0.2) is 18.3 Å². The first-order valence-corrected chi connectivity index (χ1v) is 7.68. The molecule has 3 rings (SSSR count). The van der Waals surface area contributed by atoms with Crippen molar-refractivity contribution in [3.05, 3.63) is 28.8 Å². The van der Waals surface area contributed by atoms with Crippen LogP contribution in [0.25, 0.3) is 0 Å². The van der Waals surface area contributed by atoms with Gasteiger partial charge in [0.1, 0.15) is 0 Å². The zero-order valence-corrected chi connectivity index (χ0v) is 13.5. The van der Waals surface area contributed by atoms with E-state index >= 15 is 0 Å². The van der Waals surface area contributed by atoms with E-state index in [4.69, 9.17) is 9.31 Å². The maximum absolute atomic E-state index is 6.21. The summed E-state index contributed by atoms with van der Waals surface area (Å²) in [6.45, 7) is 12.8. The smallest absolute Gasteiger partial charge is 0.399 e. The highest BCUT2D eigenvalue weighted by molar-refractivity contribution is 6.63. The average molecular weight is 272 g/mol. The summed E-state index contributed by atoms with van der Waals surface area (Å²) >= 11 is 0. The van der Waals surface area contributed by atoms with Gasteiger partial charge in [0.2, 0.25) is 0 Å². The lowest BCUT2D eigenvalue weighted by Crippen LogP contribution is -2.41. The van der Waals surface area contributed by atoms with Crippen LogP contribution in [0.2, 0.25) is 0 Å². The first kappa shape index (κ1) is 14.2. The van der Waals surface area contributed by atoms with Crippen LogP contribution in [0.4, 0.5) is 0 Å². The van der Waals surface area contributed by atoms with Crippen molar-refractivity contribution >= 4 is 12.6 Å². The average Bonchev–Trinajstić information content (AvgIpc) is 3.06. The number of aryl methyl sites for hydroxylation is 2. The molecule has 1 aliphatic heterocycles. The third kappa shape index (κ3) is 2.21. The van der Waals surface area contributed by atoms with Crippen molar-refractivity contribution in [3.63, 3.8) is 0 Å². The molecule has 0 aromatic heterocycles. The predicted octanol–water partition coefficient (Wildman–Crippen LogP) is 3.48. The first-order chi connectivity index (χ1) is 9.21. The van der Waals surface area contributed by atoms with Crippen molar-refractivity contribution in [3.8, 4) is 0 Å². The third-order valence-corrected chi connectivity index (χ3v) is 5.15. The summed E-state index contributed by atoms with van der Waals surface area (Å²) in [5.41, 5.74) is 4.75. The second kappa shape index (κ2) is 4.35. The molecule has 0 radical (unpaired) electrons. The normalized spacial score (nSPS) is 24.2.